The van der Waals surface area contributed by atoms with Gasteiger partial charge < -0.3 is 10.6 Å². The number of thioether (sulfide) groups is 1. The Morgan fingerprint density at radius 1 is 1.06 bits per heavy atom. The Balaban J connectivity index is 1.61. The van der Waals surface area contributed by atoms with Crippen molar-refractivity contribution in [2.45, 2.75) is 38.9 Å². The van der Waals surface area contributed by atoms with Crippen LogP contribution in [0.2, 0.25) is 0 Å². The molecule has 2 N–H and O–H groups in total. The first-order valence-electron chi connectivity index (χ1n) is 10.2. The Morgan fingerprint density at radius 2 is 1.84 bits per heavy atom. The second-order valence-electron chi connectivity index (χ2n) is 7.23. The molecule has 3 rings (SSSR count). The number of amides is 2. The molecule has 0 saturated carbocycles. The van der Waals surface area contributed by atoms with Gasteiger partial charge in [0.1, 0.15) is 0 Å². The fraction of sp³-hybridized carbons (Fsp3) is 0.304. The van der Waals surface area contributed by atoms with Crippen molar-refractivity contribution in [3.63, 3.8) is 0 Å². The number of aryl methyl sites for hydroxylation is 1. The summed E-state index contributed by atoms with van der Waals surface area (Å²) in [7, 11) is 0. The summed E-state index contributed by atoms with van der Waals surface area (Å²) >= 11 is 1.19. The number of carbonyl (C=O) groups is 2. The number of nitrogens with zero attached hydrogens (tertiary/aromatic N) is 2. The minimum absolute atomic E-state index is 0.0608. The van der Waals surface area contributed by atoms with Gasteiger partial charge in [-0.25, -0.2) is 4.98 Å². The maximum atomic E-state index is 12.8. The molecule has 31 heavy (non-hydrogen) atoms. The number of hydrogen-bond donors (Lipinski definition) is 2. The number of fused-ring (bicyclic) bond motifs is 1. The summed E-state index contributed by atoms with van der Waals surface area (Å²) < 4.78 is 1.60. The van der Waals surface area contributed by atoms with Gasteiger partial charge in [0.05, 0.1) is 23.2 Å². The second-order valence-corrected chi connectivity index (χ2v) is 8.17. The predicted molar refractivity (Wildman–Crippen MR) is 125 cm³/mol. The van der Waals surface area contributed by atoms with E-state index in [4.69, 9.17) is 0 Å². The van der Waals surface area contributed by atoms with Crippen LogP contribution in [0.15, 0.2) is 52.4 Å². The fourth-order valence-electron chi connectivity index (χ4n) is 3.12. The summed E-state index contributed by atoms with van der Waals surface area (Å²) in [6.07, 6.45) is 0.776. The molecule has 0 unspecified atom stereocenters. The maximum Gasteiger partial charge on any atom is 0.262 e. The quantitative estimate of drug-likeness (QED) is 0.416. The lowest BCUT2D eigenvalue weighted by molar-refractivity contribution is -0.122. The first-order valence-corrected chi connectivity index (χ1v) is 11.1. The van der Waals surface area contributed by atoms with Crippen LogP contribution in [0.25, 0.3) is 10.9 Å². The third kappa shape index (κ3) is 5.52. The average Bonchev–Trinajstić information content (AvgIpc) is 2.76. The molecule has 0 bridgehead atoms. The predicted octanol–water partition coefficient (Wildman–Crippen LogP) is 3.27. The molecule has 1 heterocycles. The van der Waals surface area contributed by atoms with Gasteiger partial charge in [0, 0.05) is 12.2 Å². The minimum atomic E-state index is -0.299. The van der Waals surface area contributed by atoms with Crippen LogP contribution >= 0.6 is 11.8 Å². The molecule has 162 valence electrons. The Hall–Kier alpha value is -3.13. The van der Waals surface area contributed by atoms with E-state index in [0.717, 1.165) is 23.2 Å². The largest absolute Gasteiger partial charge is 0.346 e. The van der Waals surface area contributed by atoms with Crippen molar-refractivity contribution in [1.29, 1.82) is 0 Å². The molecular weight excluding hydrogens is 412 g/mol. The molecule has 3 aromatic rings. The van der Waals surface area contributed by atoms with E-state index in [-0.39, 0.29) is 29.7 Å². The van der Waals surface area contributed by atoms with Gasteiger partial charge in [-0.15, -0.1) is 0 Å². The molecule has 1 aromatic heterocycles. The lowest BCUT2D eigenvalue weighted by Gasteiger charge is -2.13. The fourth-order valence-corrected chi connectivity index (χ4v) is 3.97. The summed E-state index contributed by atoms with van der Waals surface area (Å²) in [5, 5.41) is 6.50. The van der Waals surface area contributed by atoms with Crippen molar-refractivity contribution in [2.75, 3.05) is 17.6 Å². The van der Waals surface area contributed by atoms with E-state index in [1.54, 1.807) is 16.7 Å². The van der Waals surface area contributed by atoms with Crippen molar-refractivity contribution in [3.05, 3.63) is 63.9 Å². The zero-order valence-electron chi connectivity index (χ0n) is 17.9. The summed E-state index contributed by atoms with van der Waals surface area (Å²) in [6.45, 7) is 6.30. The Bertz CT molecular complexity index is 1170. The monoisotopic (exact) mass is 438 g/mol. The number of aromatic nitrogens is 2. The van der Waals surface area contributed by atoms with Crippen molar-refractivity contribution in [3.8, 4) is 0 Å². The summed E-state index contributed by atoms with van der Waals surface area (Å²) in [4.78, 5) is 41.8. The number of para-hydroxylation sites is 1. The van der Waals surface area contributed by atoms with Crippen LogP contribution in [0.3, 0.4) is 0 Å². The number of anilines is 1. The van der Waals surface area contributed by atoms with Crippen LogP contribution in [0.4, 0.5) is 5.69 Å². The molecule has 0 aliphatic rings. The van der Waals surface area contributed by atoms with Gasteiger partial charge in [-0.05, 0) is 49.6 Å². The van der Waals surface area contributed by atoms with Crippen molar-refractivity contribution in [2.24, 2.45) is 0 Å². The van der Waals surface area contributed by atoms with Gasteiger partial charge in [0.25, 0.3) is 5.56 Å². The molecule has 0 spiro atoms. The van der Waals surface area contributed by atoms with Crippen molar-refractivity contribution < 1.29 is 9.59 Å². The van der Waals surface area contributed by atoms with E-state index >= 15 is 0 Å². The lowest BCUT2D eigenvalue weighted by atomic mass is 10.1. The average molecular weight is 439 g/mol. The van der Waals surface area contributed by atoms with Gasteiger partial charge in [0.2, 0.25) is 11.8 Å². The zero-order chi connectivity index (χ0) is 22.4. The summed E-state index contributed by atoms with van der Waals surface area (Å²) in [5.41, 5.74) is 3.31. The van der Waals surface area contributed by atoms with E-state index in [2.05, 4.69) is 15.6 Å². The second kappa shape index (κ2) is 10.3. The van der Waals surface area contributed by atoms with Crippen LogP contribution < -0.4 is 16.2 Å². The van der Waals surface area contributed by atoms with Gasteiger partial charge in [-0.3, -0.25) is 19.0 Å². The number of hydrogen-bond acceptors (Lipinski definition) is 5. The van der Waals surface area contributed by atoms with E-state index in [1.165, 1.54) is 11.8 Å². The van der Waals surface area contributed by atoms with Crippen LogP contribution in [-0.2, 0) is 16.1 Å². The highest BCUT2D eigenvalue weighted by Gasteiger charge is 2.13. The Morgan fingerprint density at radius 3 is 2.61 bits per heavy atom. The highest BCUT2D eigenvalue weighted by molar-refractivity contribution is 7.99. The smallest absolute Gasteiger partial charge is 0.262 e. The number of nitrogens with one attached hydrogen (secondary N) is 2. The first kappa shape index (κ1) is 22.6. The molecule has 0 atom stereocenters. The maximum absolute atomic E-state index is 12.8. The Labute approximate surface area is 185 Å². The van der Waals surface area contributed by atoms with E-state index in [1.807, 2.05) is 51.1 Å². The first-order chi connectivity index (χ1) is 14.9. The molecule has 0 fully saturated rings. The molecule has 8 heteroatoms. The van der Waals surface area contributed by atoms with Crippen LogP contribution in [0.5, 0.6) is 0 Å². The standard InChI is InChI=1S/C23H26N4O3S/c1-4-12-27-22(30)17-9-5-6-10-19(17)26-23(27)31-14-21(29)24-13-20(28)25-18-11-7-8-15(2)16(18)3/h5-11H,4,12-14H2,1-3H3,(H,24,29)(H,25,28). The third-order valence-corrected chi connectivity index (χ3v) is 5.91. The molecule has 2 amide bonds. The molecule has 7 nitrogen and oxygen atoms in total. The van der Waals surface area contributed by atoms with Gasteiger partial charge in [-0.1, -0.05) is 43.0 Å². The van der Waals surface area contributed by atoms with Crippen LogP contribution in [-0.4, -0.2) is 33.7 Å². The van der Waals surface area contributed by atoms with Gasteiger partial charge in [-0.2, -0.15) is 0 Å². The molecule has 0 saturated heterocycles. The van der Waals surface area contributed by atoms with E-state index < -0.39 is 0 Å². The number of benzene rings is 2. The molecule has 0 aliphatic carbocycles. The number of rotatable bonds is 8. The highest BCUT2D eigenvalue weighted by Crippen LogP contribution is 2.19. The topological polar surface area (TPSA) is 93.1 Å². The zero-order valence-corrected chi connectivity index (χ0v) is 18.7. The molecule has 0 radical (unpaired) electrons. The summed E-state index contributed by atoms with van der Waals surface area (Å²) in [6, 6.07) is 12.9. The normalized spacial score (nSPS) is 10.8. The van der Waals surface area contributed by atoms with Crippen LogP contribution in [0, 0.1) is 13.8 Å². The SMILES string of the molecule is CCCn1c(SCC(=O)NCC(=O)Nc2cccc(C)c2C)nc2ccccc2c1=O. The van der Waals surface area contributed by atoms with Gasteiger partial charge >= 0.3 is 0 Å². The minimum Gasteiger partial charge on any atom is -0.346 e. The van der Waals surface area contributed by atoms with Gasteiger partial charge in [0.15, 0.2) is 5.16 Å². The lowest BCUT2D eigenvalue weighted by Crippen LogP contribution is -2.34. The number of carbonyl (C=O) groups excluding carboxylic acids is 2. The Kier molecular flexibility index (Phi) is 7.46. The van der Waals surface area contributed by atoms with E-state index in [0.29, 0.717) is 22.6 Å². The third-order valence-electron chi connectivity index (χ3n) is 4.93. The molecular formula is C23H26N4O3S. The van der Waals surface area contributed by atoms with E-state index in [9.17, 15) is 14.4 Å². The molecule has 0 aliphatic heterocycles. The van der Waals surface area contributed by atoms with Crippen molar-refractivity contribution >= 4 is 40.2 Å². The highest BCUT2D eigenvalue weighted by atomic mass is 32.2. The molecule has 2 aromatic carbocycles. The summed E-state index contributed by atoms with van der Waals surface area (Å²) in [5.74, 6) is -0.532. The van der Waals surface area contributed by atoms with Crippen LogP contribution in [0.1, 0.15) is 24.5 Å². The van der Waals surface area contributed by atoms with Crippen molar-refractivity contribution in [1.82, 2.24) is 14.9 Å².